The lowest BCUT2D eigenvalue weighted by atomic mass is 10.1. The van der Waals surface area contributed by atoms with Crippen LogP contribution in [0.4, 0.5) is 5.69 Å². The van der Waals surface area contributed by atoms with Gasteiger partial charge in [-0.25, -0.2) is 0 Å². The van der Waals surface area contributed by atoms with Crippen molar-refractivity contribution >= 4 is 28.9 Å². The van der Waals surface area contributed by atoms with Crippen LogP contribution >= 0.6 is 23.2 Å². The Labute approximate surface area is 115 Å². The van der Waals surface area contributed by atoms with Crippen molar-refractivity contribution < 1.29 is 14.4 Å². The average molecular weight is 294 g/mol. The maximum absolute atomic E-state index is 11.0. The number of nitrogens with zero attached hydrogens (tertiary/aromatic N) is 1. The summed E-state index contributed by atoms with van der Waals surface area (Å²) in [5.74, 6) is 0. The molecule has 0 aromatic heterocycles. The topological polar surface area (TPSA) is 61.6 Å². The molecule has 0 N–H and O–H groups in total. The highest BCUT2D eigenvalue weighted by molar-refractivity contribution is 6.42. The molecule has 0 radical (unpaired) electrons. The van der Waals surface area contributed by atoms with Crippen LogP contribution in [0.1, 0.15) is 25.7 Å². The van der Waals surface area contributed by atoms with Gasteiger partial charge in [0.2, 0.25) is 0 Å². The van der Waals surface area contributed by atoms with Gasteiger partial charge in [0.1, 0.15) is 0 Å². The normalized spacial score (nSPS) is 10.9. The van der Waals surface area contributed by atoms with E-state index in [1.165, 1.54) is 12.1 Å². The van der Waals surface area contributed by atoms with Gasteiger partial charge in [0, 0.05) is 19.3 Å². The third kappa shape index (κ3) is 3.55. The van der Waals surface area contributed by atoms with Crippen LogP contribution in [-0.2, 0) is 9.47 Å². The second-order valence-electron chi connectivity index (χ2n) is 3.32. The van der Waals surface area contributed by atoms with Gasteiger partial charge in [-0.15, -0.1) is 0 Å². The zero-order valence-corrected chi connectivity index (χ0v) is 11.5. The minimum atomic E-state index is -0.824. The number of hydrogen-bond acceptors (Lipinski definition) is 4. The Kier molecular flexibility index (Phi) is 5.81. The molecule has 0 bridgehead atoms. The second-order valence-corrected chi connectivity index (χ2v) is 4.14. The summed E-state index contributed by atoms with van der Waals surface area (Å²) in [5, 5.41) is 11.3. The summed E-state index contributed by atoms with van der Waals surface area (Å²) in [5.41, 5.74) is 0.0920. The van der Waals surface area contributed by atoms with Crippen LogP contribution in [0.5, 0.6) is 0 Å². The predicted molar refractivity (Wildman–Crippen MR) is 69.1 cm³/mol. The SMILES string of the molecule is CCOC(OCC)c1cc(Cl)c(Cl)cc1[N+](=O)[O-]. The molecule has 18 heavy (non-hydrogen) atoms. The molecular weight excluding hydrogens is 281 g/mol. The number of nitro benzene ring substituents is 1. The molecule has 0 amide bonds. The van der Waals surface area contributed by atoms with Crippen LogP contribution in [0.15, 0.2) is 12.1 Å². The Morgan fingerprint density at radius 1 is 1.22 bits per heavy atom. The van der Waals surface area contributed by atoms with Crippen LogP contribution in [0.2, 0.25) is 10.0 Å². The van der Waals surface area contributed by atoms with Gasteiger partial charge in [-0.1, -0.05) is 23.2 Å². The molecule has 1 aromatic rings. The molecule has 0 unspecified atom stereocenters. The van der Waals surface area contributed by atoms with Gasteiger partial charge in [-0.3, -0.25) is 10.1 Å². The smallest absolute Gasteiger partial charge is 0.279 e. The standard InChI is InChI=1S/C11H13Cl2NO4/c1-3-17-11(18-4-2)7-5-8(12)9(13)6-10(7)14(15)16/h5-6,11H,3-4H2,1-2H3. The van der Waals surface area contributed by atoms with Crippen LogP contribution in [0.25, 0.3) is 0 Å². The van der Waals surface area contributed by atoms with Crippen molar-refractivity contribution in [2.75, 3.05) is 13.2 Å². The van der Waals surface area contributed by atoms with Crippen molar-refractivity contribution in [1.29, 1.82) is 0 Å². The van der Waals surface area contributed by atoms with Crippen LogP contribution in [-0.4, -0.2) is 18.1 Å². The van der Waals surface area contributed by atoms with E-state index in [0.717, 1.165) is 0 Å². The van der Waals surface area contributed by atoms with E-state index in [9.17, 15) is 10.1 Å². The fourth-order valence-corrected chi connectivity index (χ4v) is 1.76. The molecule has 0 saturated carbocycles. The van der Waals surface area contributed by atoms with E-state index in [-0.39, 0.29) is 21.3 Å². The minimum Gasteiger partial charge on any atom is -0.348 e. The molecule has 100 valence electrons. The van der Waals surface area contributed by atoms with Gasteiger partial charge in [0.15, 0.2) is 6.29 Å². The van der Waals surface area contributed by atoms with Crippen molar-refractivity contribution in [2.45, 2.75) is 20.1 Å². The molecule has 1 aromatic carbocycles. The molecule has 0 spiro atoms. The number of nitro groups is 1. The molecule has 0 heterocycles. The highest BCUT2D eigenvalue weighted by Gasteiger charge is 2.25. The highest BCUT2D eigenvalue weighted by Crippen LogP contribution is 2.35. The Hall–Kier alpha value is -0.880. The Bertz CT molecular complexity index is 433. The van der Waals surface area contributed by atoms with Crippen molar-refractivity contribution in [1.82, 2.24) is 0 Å². The average Bonchev–Trinajstić information content (AvgIpc) is 2.31. The van der Waals surface area contributed by atoms with E-state index >= 15 is 0 Å². The van der Waals surface area contributed by atoms with Crippen LogP contribution in [0.3, 0.4) is 0 Å². The summed E-state index contributed by atoms with van der Waals surface area (Å²) < 4.78 is 10.7. The molecule has 7 heteroatoms. The number of halogens is 2. The molecule has 0 aliphatic carbocycles. The maximum atomic E-state index is 11.0. The van der Waals surface area contributed by atoms with E-state index in [4.69, 9.17) is 32.7 Å². The molecule has 0 fully saturated rings. The predicted octanol–water partition coefficient (Wildman–Crippen LogP) is 3.97. The lowest BCUT2D eigenvalue weighted by molar-refractivity contribution is -0.387. The van der Waals surface area contributed by atoms with Gasteiger partial charge < -0.3 is 9.47 Å². The summed E-state index contributed by atoms with van der Waals surface area (Å²) in [7, 11) is 0. The van der Waals surface area contributed by atoms with Gasteiger partial charge in [-0.2, -0.15) is 0 Å². The molecule has 1 rings (SSSR count). The Morgan fingerprint density at radius 2 is 1.72 bits per heavy atom. The molecule has 0 aliphatic rings. The van der Waals surface area contributed by atoms with Crippen LogP contribution < -0.4 is 0 Å². The first kappa shape index (κ1) is 15.2. The quantitative estimate of drug-likeness (QED) is 0.452. The molecule has 0 atom stereocenters. The molecule has 5 nitrogen and oxygen atoms in total. The van der Waals surface area contributed by atoms with Gasteiger partial charge in [0.25, 0.3) is 5.69 Å². The van der Waals surface area contributed by atoms with Gasteiger partial charge >= 0.3 is 0 Å². The zero-order valence-electron chi connectivity index (χ0n) is 9.98. The Balaban J connectivity index is 3.25. The number of ether oxygens (including phenoxy) is 2. The van der Waals surface area contributed by atoms with E-state index in [0.29, 0.717) is 13.2 Å². The fourth-order valence-electron chi connectivity index (χ4n) is 1.43. The first-order chi connectivity index (χ1) is 8.51. The third-order valence-electron chi connectivity index (χ3n) is 2.16. The lowest BCUT2D eigenvalue weighted by Gasteiger charge is -2.17. The van der Waals surface area contributed by atoms with Crippen molar-refractivity contribution in [2.24, 2.45) is 0 Å². The molecule has 0 saturated heterocycles. The van der Waals surface area contributed by atoms with Gasteiger partial charge in [0.05, 0.1) is 20.5 Å². The number of benzene rings is 1. The van der Waals surface area contributed by atoms with Crippen molar-refractivity contribution in [3.8, 4) is 0 Å². The van der Waals surface area contributed by atoms with E-state index in [1.54, 1.807) is 13.8 Å². The summed E-state index contributed by atoms with van der Waals surface area (Å²) in [6, 6.07) is 2.60. The van der Waals surface area contributed by atoms with Crippen molar-refractivity contribution in [3.63, 3.8) is 0 Å². The molecule has 0 aliphatic heterocycles. The number of rotatable bonds is 6. The Morgan fingerprint density at radius 3 is 2.17 bits per heavy atom. The second kappa shape index (κ2) is 6.89. The summed E-state index contributed by atoms with van der Waals surface area (Å²) in [6.07, 6.45) is -0.824. The third-order valence-corrected chi connectivity index (χ3v) is 2.88. The summed E-state index contributed by atoms with van der Waals surface area (Å²) >= 11 is 11.6. The van der Waals surface area contributed by atoms with Crippen LogP contribution in [0, 0.1) is 10.1 Å². The highest BCUT2D eigenvalue weighted by atomic mass is 35.5. The summed E-state index contributed by atoms with van der Waals surface area (Å²) in [4.78, 5) is 10.5. The van der Waals surface area contributed by atoms with Gasteiger partial charge in [-0.05, 0) is 19.9 Å². The first-order valence-corrected chi connectivity index (χ1v) is 6.13. The van der Waals surface area contributed by atoms with E-state index < -0.39 is 11.2 Å². The largest absolute Gasteiger partial charge is 0.348 e. The van der Waals surface area contributed by atoms with E-state index in [1.807, 2.05) is 0 Å². The first-order valence-electron chi connectivity index (χ1n) is 5.37. The summed E-state index contributed by atoms with van der Waals surface area (Å²) in [6.45, 7) is 4.27. The molecular formula is C11H13Cl2NO4. The lowest BCUT2D eigenvalue weighted by Crippen LogP contribution is -2.11. The van der Waals surface area contributed by atoms with E-state index in [2.05, 4.69) is 0 Å². The fraction of sp³-hybridized carbons (Fsp3) is 0.455. The monoisotopic (exact) mass is 293 g/mol. The minimum absolute atomic E-state index is 0.124. The number of hydrogen-bond donors (Lipinski definition) is 0. The maximum Gasteiger partial charge on any atom is 0.279 e. The zero-order chi connectivity index (χ0) is 13.7. The van der Waals surface area contributed by atoms with Crippen molar-refractivity contribution in [3.05, 3.63) is 37.9 Å².